The van der Waals surface area contributed by atoms with Crippen LogP contribution in [0.4, 0.5) is 0 Å². The monoisotopic (exact) mass is 318 g/mol. The molecule has 0 amide bonds. The first-order valence-corrected chi connectivity index (χ1v) is 8.55. The fraction of sp³-hybridized carbons (Fsp3) is 0.444. The van der Waals surface area contributed by atoms with Gasteiger partial charge in [0.2, 0.25) is 0 Å². The van der Waals surface area contributed by atoms with Crippen LogP contribution in [0.25, 0.3) is 0 Å². The maximum absolute atomic E-state index is 5.20. The Morgan fingerprint density at radius 3 is 2.41 bits per heavy atom. The van der Waals surface area contributed by atoms with Crippen molar-refractivity contribution in [2.24, 2.45) is 0 Å². The standard InChI is InChI=1S/C18H26N2OS/c1-5-18(20(2)3,17-7-6-12-22-17)14-19-13-15-8-10-16(21-4)11-9-15/h6-12,19H,5,13-14H2,1-4H3. The summed E-state index contributed by atoms with van der Waals surface area (Å²) < 4.78 is 5.20. The number of benzene rings is 1. The third-order valence-corrected chi connectivity index (χ3v) is 5.39. The molecule has 0 spiro atoms. The first kappa shape index (κ1) is 17.0. The first-order chi connectivity index (χ1) is 10.6. The Morgan fingerprint density at radius 2 is 1.91 bits per heavy atom. The maximum Gasteiger partial charge on any atom is 0.118 e. The Morgan fingerprint density at radius 1 is 1.18 bits per heavy atom. The molecule has 2 aromatic rings. The number of nitrogens with one attached hydrogen (secondary N) is 1. The van der Waals surface area contributed by atoms with E-state index in [1.165, 1.54) is 10.4 Å². The van der Waals surface area contributed by atoms with Crippen LogP contribution in [0.2, 0.25) is 0 Å². The molecular weight excluding hydrogens is 292 g/mol. The molecule has 1 aromatic heterocycles. The highest BCUT2D eigenvalue weighted by molar-refractivity contribution is 7.10. The summed E-state index contributed by atoms with van der Waals surface area (Å²) in [5.74, 6) is 0.901. The summed E-state index contributed by atoms with van der Waals surface area (Å²) in [6, 6.07) is 12.6. The molecule has 3 nitrogen and oxygen atoms in total. The van der Waals surface area contributed by atoms with Crippen molar-refractivity contribution in [1.29, 1.82) is 0 Å². The fourth-order valence-corrected chi connectivity index (χ4v) is 3.86. The van der Waals surface area contributed by atoms with Gasteiger partial charge in [-0.05, 0) is 49.7 Å². The van der Waals surface area contributed by atoms with Crippen LogP contribution in [0.3, 0.4) is 0 Å². The Labute approximate surface area is 137 Å². The minimum Gasteiger partial charge on any atom is -0.497 e. The Hall–Kier alpha value is -1.36. The molecule has 0 saturated carbocycles. The zero-order chi connectivity index (χ0) is 16.0. The van der Waals surface area contributed by atoms with Gasteiger partial charge in [0, 0.05) is 18.0 Å². The van der Waals surface area contributed by atoms with E-state index < -0.39 is 0 Å². The maximum atomic E-state index is 5.20. The summed E-state index contributed by atoms with van der Waals surface area (Å²) in [4.78, 5) is 3.75. The van der Waals surface area contributed by atoms with E-state index >= 15 is 0 Å². The van der Waals surface area contributed by atoms with Gasteiger partial charge < -0.3 is 10.1 Å². The molecule has 4 heteroatoms. The molecule has 1 atom stereocenters. The average molecular weight is 318 g/mol. The van der Waals surface area contributed by atoms with Crippen LogP contribution >= 0.6 is 11.3 Å². The van der Waals surface area contributed by atoms with Gasteiger partial charge in [-0.3, -0.25) is 4.90 Å². The highest BCUT2D eigenvalue weighted by Crippen LogP contribution is 2.33. The molecule has 0 bridgehead atoms. The third kappa shape index (κ3) is 3.69. The van der Waals surface area contributed by atoms with Gasteiger partial charge in [-0.25, -0.2) is 0 Å². The molecule has 120 valence electrons. The van der Waals surface area contributed by atoms with Crippen molar-refractivity contribution >= 4 is 11.3 Å². The van der Waals surface area contributed by atoms with Gasteiger partial charge in [0.1, 0.15) is 5.75 Å². The third-order valence-electron chi connectivity index (χ3n) is 4.33. The molecular formula is C18H26N2OS. The average Bonchev–Trinajstić information content (AvgIpc) is 3.07. The number of hydrogen-bond donors (Lipinski definition) is 1. The molecule has 0 fully saturated rings. The number of ether oxygens (including phenoxy) is 1. The van der Waals surface area contributed by atoms with E-state index in [0.717, 1.165) is 25.3 Å². The lowest BCUT2D eigenvalue weighted by molar-refractivity contribution is 0.145. The lowest BCUT2D eigenvalue weighted by Crippen LogP contribution is -2.48. The molecule has 22 heavy (non-hydrogen) atoms. The fourth-order valence-electron chi connectivity index (χ4n) is 2.78. The van der Waals surface area contributed by atoms with Crippen molar-refractivity contribution in [3.05, 3.63) is 52.2 Å². The van der Waals surface area contributed by atoms with Gasteiger partial charge in [0.25, 0.3) is 0 Å². The van der Waals surface area contributed by atoms with E-state index in [2.05, 4.69) is 60.9 Å². The van der Waals surface area contributed by atoms with E-state index in [4.69, 9.17) is 4.74 Å². The molecule has 0 aliphatic rings. The van der Waals surface area contributed by atoms with E-state index in [-0.39, 0.29) is 5.54 Å². The van der Waals surface area contributed by atoms with Crippen LogP contribution in [0, 0.1) is 0 Å². The summed E-state index contributed by atoms with van der Waals surface area (Å²) in [6.07, 6.45) is 1.08. The van der Waals surface area contributed by atoms with Crippen LogP contribution in [-0.2, 0) is 12.1 Å². The van der Waals surface area contributed by atoms with Gasteiger partial charge in [-0.1, -0.05) is 25.1 Å². The van der Waals surface area contributed by atoms with Crippen LogP contribution in [0.5, 0.6) is 5.75 Å². The molecule has 0 aliphatic heterocycles. The number of nitrogens with zero attached hydrogens (tertiary/aromatic N) is 1. The van der Waals surface area contributed by atoms with Crippen molar-refractivity contribution in [1.82, 2.24) is 10.2 Å². The highest BCUT2D eigenvalue weighted by Gasteiger charge is 2.33. The minimum atomic E-state index is 0.0562. The van der Waals surface area contributed by atoms with Gasteiger partial charge >= 0.3 is 0 Å². The SMILES string of the molecule is CCC(CNCc1ccc(OC)cc1)(c1cccs1)N(C)C. The van der Waals surface area contributed by atoms with Crippen molar-refractivity contribution < 1.29 is 4.74 Å². The lowest BCUT2D eigenvalue weighted by atomic mass is 9.92. The van der Waals surface area contributed by atoms with Crippen molar-refractivity contribution in [2.45, 2.75) is 25.4 Å². The molecule has 0 saturated heterocycles. The van der Waals surface area contributed by atoms with E-state index in [1.807, 2.05) is 23.5 Å². The van der Waals surface area contributed by atoms with Gasteiger partial charge in [-0.2, -0.15) is 0 Å². The van der Waals surface area contributed by atoms with Crippen LogP contribution < -0.4 is 10.1 Å². The van der Waals surface area contributed by atoms with E-state index in [9.17, 15) is 0 Å². The second-order valence-corrected chi connectivity index (χ2v) is 6.66. The van der Waals surface area contributed by atoms with Crippen LogP contribution in [0.1, 0.15) is 23.8 Å². The Bertz CT molecular complexity index is 551. The van der Waals surface area contributed by atoms with Crippen molar-refractivity contribution in [3.8, 4) is 5.75 Å². The van der Waals surface area contributed by atoms with E-state index in [1.54, 1.807) is 7.11 Å². The number of thiophene rings is 1. The predicted molar refractivity (Wildman–Crippen MR) is 94.7 cm³/mol. The lowest BCUT2D eigenvalue weighted by Gasteiger charge is -2.39. The smallest absolute Gasteiger partial charge is 0.118 e. The zero-order valence-corrected chi connectivity index (χ0v) is 14.7. The molecule has 1 aromatic carbocycles. The summed E-state index contributed by atoms with van der Waals surface area (Å²) in [7, 11) is 6.03. The minimum absolute atomic E-state index is 0.0562. The number of likely N-dealkylation sites (N-methyl/N-ethyl adjacent to an activating group) is 1. The molecule has 1 heterocycles. The molecule has 2 rings (SSSR count). The number of rotatable bonds is 8. The second-order valence-electron chi connectivity index (χ2n) is 5.71. The zero-order valence-electron chi connectivity index (χ0n) is 13.9. The van der Waals surface area contributed by atoms with Crippen LogP contribution in [0.15, 0.2) is 41.8 Å². The molecule has 0 radical (unpaired) electrons. The molecule has 1 N–H and O–H groups in total. The first-order valence-electron chi connectivity index (χ1n) is 7.67. The Kier molecular flexibility index (Phi) is 6.00. The quantitative estimate of drug-likeness (QED) is 0.803. The number of methoxy groups -OCH3 is 1. The number of hydrogen-bond acceptors (Lipinski definition) is 4. The van der Waals surface area contributed by atoms with Gasteiger partial charge in [0.05, 0.1) is 12.6 Å². The summed E-state index contributed by atoms with van der Waals surface area (Å²) in [5.41, 5.74) is 1.33. The van der Waals surface area contributed by atoms with E-state index in [0.29, 0.717) is 0 Å². The second kappa shape index (κ2) is 7.77. The van der Waals surface area contributed by atoms with Crippen LogP contribution in [-0.4, -0.2) is 32.6 Å². The molecule has 1 unspecified atom stereocenters. The van der Waals surface area contributed by atoms with Gasteiger partial charge in [-0.15, -0.1) is 11.3 Å². The summed E-state index contributed by atoms with van der Waals surface area (Å²) in [5, 5.41) is 5.78. The summed E-state index contributed by atoms with van der Waals surface area (Å²) in [6.45, 7) is 4.06. The summed E-state index contributed by atoms with van der Waals surface area (Å²) >= 11 is 1.84. The Balaban J connectivity index is 2.02. The molecule has 0 aliphatic carbocycles. The predicted octanol–water partition coefficient (Wildman–Crippen LogP) is 3.71. The van der Waals surface area contributed by atoms with Crippen molar-refractivity contribution in [2.75, 3.05) is 27.7 Å². The highest BCUT2D eigenvalue weighted by atomic mass is 32.1. The van der Waals surface area contributed by atoms with Gasteiger partial charge in [0.15, 0.2) is 0 Å². The normalized spacial score (nSPS) is 14.0. The largest absolute Gasteiger partial charge is 0.497 e. The topological polar surface area (TPSA) is 24.5 Å². The van der Waals surface area contributed by atoms with Crippen molar-refractivity contribution in [3.63, 3.8) is 0 Å².